The lowest BCUT2D eigenvalue weighted by Crippen LogP contribution is -1.97. The molecule has 0 saturated heterocycles. The molecule has 1 aromatic carbocycles. The lowest BCUT2D eigenvalue weighted by Gasteiger charge is -2.02. The molecule has 0 amide bonds. The fourth-order valence-corrected chi connectivity index (χ4v) is 0.880. The van der Waals surface area contributed by atoms with Gasteiger partial charge >= 0.3 is 0 Å². The van der Waals surface area contributed by atoms with Gasteiger partial charge in [-0.1, -0.05) is 0 Å². The molecule has 1 rings (SSSR count). The van der Waals surface area contributed by atoms with Crippen molar-refractivity contribution in [3.63, 3.8) is 0 Å². The molecule has 13 heavy (non-hydrogen) atoms. The highest BCUT2D eigenvalue weighted by molar-refractivity contribution is 5.63. The fraction of sp³-hybridized carbons (Fsp3) is 0.111. The molecule has 0 unspecified atom stereocenters. The van der Waals surface area contributed by atoms with E-state index in [9.17, 15) is 8.78 Å². The summed E-state index contributed by atoms with van der Waals surface area (Å²) in [5, 5.41) is 0. The maximum atomic E-state index is 12.0. The molecule has 0 aromatic heterocycles. The van der Waals surface area contributed by atoms with E-state index >= 15 is 0 Å². The predicted octanol–water partition coefficient (Wildman–Crippen LogP) is 2.22. The van der Waals surface area contributed by atoms with Crippen LogP contribution < -0.4 is 10.5 Å². The number of rotatable bonds is 2. The van der Waals surface area contributed by atoms with Crippen molar-refractivity contribution in [2.45, 2.75) is 0 Å². The molecule has 70 valence electrons. The first kappa shape index (κ1) is 9.51. The molecular weight excluding hydrogens is 176 g/mol. The molecule has 0 radical (unpaired) electrons. The summed E-state index contributed by atoms with van der Waals surface area (Å²) in [4.78, 5) is 0. The molecule has 0 aliphatic carbocycles. The van der Waals surface area contributed by atoms with Gasteiger partial charge in [0.2, 0.25) is 0 Å². The average molecular weight is 185 g/mol. The molecule has 0 heterocycles. The van der Waals surface area contributed by atoms with Crippen LogP contribution >= 0.6 is 0 Å². The first-order chi connectivity index (χ1) is 6.15. The van der Waals surface area contributed by atoms with Gasteiger partial charge in [-0.15, -0.1) is 0 Å². The van der Waals surface area contributed by atoms with E-state index in [1.54, 1.807) is 12.1 Å². The van der Waals surface area contributed by atoms with Gasteiger partial charge in [0.1, 0.15) is 11.4 Å². The van der Waals surface area contributed by atoms with Gasteiger partial charge in [0.05, 0.1) is 7.11 Å². The van der Waals surface area contributed by atoms with Crippen molar-refractivity contribution < 1.29 is 13.5 Å². The summed E-state index contributed by atoms with van der Waals surface area (Å²) in [5.41, 5.74) is 4.91. The van der Waals surface area contributed by atoms with E-state index < -0.39 is 11.8 Å². The summed E-state index contributed by atoms with van der Waals surface area (Å²) in [6.45, 7) is 0. The Labute approximate surface area is 74.6 Å². The third kappa shape index (κ3) is 2.18. The van der Waals surface area contributed by atoms with Crippen molar-refractivity contribution in [2.75, 3.05) is 7.11 Å². The van der Waals surface area contributed by atoms with E-state index in [4.69, 9.17) is 10.5 Å². The van der Waals surface area contributed by atoms with Gasteiger partial charge in [0.15, 0.2) is 0 Å². The van der Waals surface area contributed by atoms with Crippen LogP contribution in [-0.2, 0) is 0 Å². The van der Waals surface area contributed by atoms with Crippen LogP contribution in [0.1, 0.15) is 5.56 Å². The zero-order valence-electron chi connectivity index (χ0n) is 7.05. The van der Waals surface area contributed by atoms with Crippen molar-refractivity contribution in [2.24, 2.45) is 5.73 Å². The third-order valence-electron chi connectivity index (χ3n) is 1.60. The van der Waals surface area contributed by atoms with Crippen molar-refractivity contribution in [1.29, 1.82) is 0 Å². The monoisotopic (exact) mass is 185 g/mol. The largest absolute Gasteiger partial charge is 0.497 e. The van der Waals surface area contributed by atoms with Crippen LogP contribution in [0.2, 0.25) is 0 Å². The Bertz CT molecular complexity index is 315. The van der Waals surface area contributed by atoms with Crippen LogP contribution in [0, 0.1) is 0 Å². The van der Waals surface area contributed by atoms with E-state index in [0.717, 1.165) is 0 Å². The standard InChI is InChI=1S/C9H9F2NO/c1-13-7-4-2-6(3-5-7)8(12)9(10)11/h2-5H,12H2,1H3. The highest BCUT2D eigenvalue weighted by atomic mass is 19.3. The summed E-state index contributed by atoms with van der Waals surface area (Å²) in [5.74, 6) is 0.607. The van der Waals surface area contributed by atoms with E-state index in [1.807, 2.05) is 0 Å². The minimum Gasteiger partial charge on any atom is -0.497 e. The maximum Gasteiger partial charge on any atom is 0.293 e. The molecule has 0 spiro atoms. The van der Waals surface area contributed by atoms with E-state index in [0.29, 0.717) is 11.3 Å². The summed E-state index contributed by atoms with van der Waals surface area (Å²) in [7, 11) is 1.50. The van der Waals surface area contributed by atoms with Crippen LogP contribution in [0.4, 0.5) is 8.78 Å². The second-order valence-electron chi connectivity index (χ2n) is 2.40. The molecule has 0 fully saturated rings. The summed E-state index contributed by atoms with van der Waals surface area (Å²) >= 11 is 0. The Morgan fingerprint density at radius 2 is 1.77 bits per heavy atom. The van der Waals surface area contributed by atoms with E-state index in [1.165, 1.54) is 19.2 Å². The number of hydrogen-bond acceptors (Lipinski definition) is 2. The van der Waals surface area contributed by atoms with Crippen LogP contribution in [-0.4, -0.2) is 7.11 Å². The zero-order chi connectivity index (χ0) is 9.84. The molecule has 0 bridgehead atoms. The third-order valence-corrected chi connectivity index (χ3v) is 1.60. The van der Waals surface area contributed by atoms with E-state index in [-0.39, 0.29) is 0 Å². The van der Waals surface area contributed by atoms with Crippen LogP contribution in [0.5, 0.6) is 5.75 Å². The lowest BCUT2D eigenvalue weighted by atomic mass is 10.2. The van der Waals surface area contributed by atoms with Gasteiger partial charge in [-0.05, 0) is 24.3 Å². The smallest absolute Gasteiger partial charge is 0.293 e. The normalized spacial score (nSPS) is 9.46. The number of methoxy groups -OCH3 is 1. The molecule has 4 heteroatoms. The summed E-state index contributed by atoms with van der Waals surface area (Å²) < 4.78 is 28.9. The SMILES string of the molecule is COc1ccc(C(N)=C(F)F)cc1. The topological polar surface area (TPSA) is 35.2 Å². The number of ether oxygens (including phenoxy) is 1. The molecular formula is C9H9F2NO. The molecule has 0 aliphatic heterocycles. The van der Waals surface area contributed by atoms with Crippen molar-refractivity contribution >= 4 is 5.70 Å². The van der Waals surface area contributed by atoms with Crippen LogP contribution in [0.15, 0.2) is 30.3 Å². The van der Waals surface area contributed by atoms with Gasteiger partial charge in [0, 0.05) is 5.56 Å². The summed E-state index contributed by atoms with van der Waals surface area (Å²) in [6, 6.07) is 6.11. The van der Waals surface area contributed by atoms with Crippen molar-refractivity contribution in [3.05, 3.63) is 35.9 Å². The fourth-order valence-electron chi connectivity index (χ4n) is 0.880. The Morgan fingerprint density at radius 3 is 2.15 bits per heavy atom. The average Bonchev–Trinajstić information content (AvgIpc) is 2.17. The zero-order valence-corrected chi connectivity index (χ0v) is 7.05. The Balaban J connectivity index is 2.99. The molecule has 0 aliphatic rings. The molecule has 0 saturated carbocycles. The molecule has 2 N–H and O–H groups in total. The first-order valence-corrected chi connectivity index (χ1v) is 3.60. The molecule has 1 aromatic rings. The first-order valence-electron chi connectivity index (χ1n) is 3.60. The highest BCUT2D eigenvalue weighted by Crippen LogP contribution is 2.18. The molecule has 2 nitrogen and oxygen atoms in total. The predicted molar refractivity (Wildman–Crippen MR) is 46.3 cm³/mol. The Hall–Kier alpha value is -1.58. The molecule has 0 atom stereocenters. The van der Waals surface area contributed by atoms with E-state index in [2.05, 4.69) is 0 Å². The Kier molecular flexibility index (Phi) is 2.84. The lowest BCUT2D eigenvalue weighted by molar-refractivity contribution is 0.414. The van der Waals surface area contributed by atoms with Crippen molar-refractivity contribution in [3.8, 4) is 5.75 Å². The minimum atomic E-state index is -1.87. The summed E-state index contributed by atoms with van der Waals surface area (Å²) in [6.07, 6.45) is -1.87. The highest BCUT2D eigenvalue weighted by Gasteiger charge is 2.03. The van der Waals surface area contributed by atoms with Gasteiger partial charge in [0.25, 0.3) is 6.08 Å². The van der Waals surface area contributed by atoms with Crippen LogP contribution in [0.3, 0.4) is 0 Å². The van der Waals surface area contributed by atoms with Crippen molar-refractivity contribution in [1.82, 2.24) is 0 Å². The Morgan fingerprint density at radius 1 is 1.23 bits per heavy atom. The number of benzene rings is 1. The second-order valence-corrected chi connectivity index (χ2v) is 2.40. The number of nitrogens with two attached hydrogens (primary N) is 1. The van der Waals surface area contributed by atoms with Crippen LogP contribution in [0.25, 0.3) is 5.70 Å². The van der Waals surface area contributed by atoms with Gasteiger partial charge < -0.3 is 10.5 Å². The quantitative estimate of drug-likeness (QED) is 0.766. The second kappa shape index (κ2) is 3.89. The number of halogens is 2. The van der Waals surface area contributed by atoms with Gasteiger partial charge in [-0.3, -0.25) is 0 Å². The number of hydrogen-bond donors (Lipinski definition) is 1. The van der Waals surface area contributed by atoms with Gasteiger partial charge in [-0.25, -0.2) is 0 Å². The minimum absolute atomic E-state index is 0.292. The van der Waals surface area contributed by atoms with Gasteiger partial charge in [-0.2, -0.15) is 8.78 Å². The maximum absolute atomic E-state index is 12.0.